The van der Waals surface area contributed by atoms with Gasteiger partial charge in [0.15, 0.2) is 0 Å². The lowest BCUT2D eigenvalue weighted by molar-refractivity contribution is 0.293. The minimum absolute atomic E-state index is 0.754. The third-order valence-electron chi connectivity index (χ3n) is 6.17. The van der Waals surface area contributed by atoms with Crippen LogP contribution in [0.3, 0.4) is 0 Å². The molecule has 1 aromatic rings. The van der Waals surface area contributed by atoms with Crippen molar-refractivity contribution in [3.05, 3.63) is 30.3 Å². The zero-order valence-electron chi connectivity index (χ0n) is 13.0. The zero-order valence-corrected chi connectivity index (χ0v) is 13.0. The van der Waals surface area contributed by atoms with E-state index in [1.54, 1.807) is 6.42 Å². The van der Waals surface area contributed by atoms with Crippen molar-refractivity contribution in [1.82, 2.24) is 5.32 Å². The first-order chi connectivity index (χ1) is 10.4. The van der Waals surface area contributed by atoms with Crippen molar-refractivity contribution in [2.75, 3.05) is 24.5 Å². The van der Waals surface area contributed by atoms with Crippen LogP contribution in [0.4, 0.5) is 5.69 Å². The van der Waals surface area contributed by atoms with Gasteiger partial charge >= 0.3 is 0 Å². The number of rotatable bonds is 4. The van der Waals surface area contributed by atoms with E-state index in [-0.39, 0.29) is 0 Å². The fourth-order valence-corrected chi connectivity index (χ4v) is 4.93. The molecule has 4 rings (SSSR count). The summed E-state index contributed by atoms with van der Waals surface area (Å²) in [6.07, 6.45) is 8.70. The molecule has 1 aromatic carbocycles. The van der Waals surface area contributed by atoms with Crippen LogP contribution < -0.4 is 10.2 Å². The van der Waals surface area contributed by atoms with E-state index in [1.165, 1.54) is 57.4 Å². The maximum absolute atomic E-state index is 3.89. The van der Waals surface area contributed by atoms with Crippen molar-refractivity contribution in [2.45, 2.75) is 44.6 Å². The fourth-order valence-electron chi connectivity index (χ4n) is 4.93. The van der Waals surface area contributed by atoms with Gasteiger partial charge in [0.2, 0.25) is 0 Å². The molecule has 1 aliphatic heterocycles. The number of nitrogens with zero attached hydrogens (tertiary/aromatic N) is 1. The van der Waals surface area contributed by atoms with Gasteiger partial charge in [-0.25, -0.2) is 0 Å². The van der Waals surface area contributed by atoms with E-state index in [1.807, 2.05) is 0 Å². The third kappa shape index (κ3) is 2.96. The first-order valence-electron chi connectivity index (χ1n) is 8.92. The van der Waals surface area contributed by atoms with Crippen LogP contribution in [0, 0.1) is 17.8 Å². The van der Waals surface area contributed by atoms with Crippen molar-refractivity contribution >= 4 is 5.69 Å². The number of hydrogen-bond acceptors (Lipinski definition) is 2. The summed E-state index contributed by atoms with van der Waals surface area (Å²) in [7, 11) is 0. The molecule has 0 aromatic heterocycles. The molecule has 2 aliphatic carbocycles. The van der Waals surface area contributed by atoms with Crippen molar-refractivity contribution in [2.24, 2.45) is 17.8 Å². The van der Waals surface area contributed by atoms with Crippen LogP contribution in [0.1, 0.15) is 38.5 Å². The van der Waals surface area contributed by atoms with E-state index >= 15 is 0 Å². The normalized spacial score (nSPS) is 32.8. The van der Waals surface area contributed by atoms with Crippen molar-refractivity contribution in [3.8, 4) is 0 Å². The molecule has 3 fully saturated rings. The Bertz CT molecular complexity index is 450. The summed E-state index contributed by atoms with van der Waals surface area (Å²) in [6, 6.07) is 11.6. The van der Waals surface area contributed by atoms with Crippen LogP contribution >= 0.6 is 0 Å². The number of hydrogen-bond donors (Lipinski definition) is 1. The van der Waals surface area contributed by atoms with Gasteiger partial charge in [-0.05, 0) is 68.5 Å². The summed E-state index contributed by atoms with van der Waals surface area (Å²) in [5.74, 6) is 3.14. The average Bonchev–Trinajstić information content (AvgIpc) is 3.17. The van der Waals surface area contributed by atoms with Crippen LogP contribution in [-0.4, -0.2) is 25.7 Å². The van der Waals surface area contributed by atoms with Gasteiger partial charge in [0.1, 0.15) is 0 Å². The first kappa shape index (κ1) is 13.6. The van der Waals surface area contributed by atoms with Crippen molar-refractivity contribution in [1.29, 1.82) is 0 Å². The van der Waals surface area contributed by atoms with E-state index in [2.05, 4.69) is 40.5 Å². The quantitative estimate of drug-likeness (QED) is 0.907. The number of benzene rings is 1. The Balaban J connectivity index is 1.23. The summed E-state index contributed by atoms with van der Waals surface area (Å²) in [4.78, 5) is 2.54. The van der Waals surface area contributed by atoms with Gasteiger partial charge in [-0.2, -0.15) is 0 Å². The molecule has 3 atom stereocenters. The van der Waals surface area contributed by atoms with E-state index < -0.39 is 0 Å². The van der Waals surface area contributed by atoms with E-state index in [0.717, 1.165) is 23.8 Å². The molecule has 2 nitrogen and oxygen atoms in total. The molecular weight excluding hydrogens is 256 g/mol. The molecule has 21 heavy (non-hydrogen) atoms. The van der Waals surface area contributed by atoms with E-state index in [4.69, 9.17) is 0 Å². The van der Waals surface area contributed by atoms with E-state index in [0.29, 0.717) is 0 Å². The molecular formula is C19H28N2. The second kappa shape index (κ2) is 6.00. The van der Waals surface area contributed by atoms with Gasteiger partial charge in [0.05, 0.1) is 0 Å². The number of fused-ring (bicyclic) bond motifs is 2. The fraction of sp³-hybridized carbons (Fsp3) is 0.684. The number of nitrogens with one attached hydrogen (secondary N) is 1. The Kier molecular flexibility index (Phi) is 3.89. The van der Waals surface area contributed by atoms with Gasteiger partial charge in [-0.15, -0.1) is 0 Å². The van der Waals surface area contributed by atoms with Gasteiger partial charge in [-0.3, -0.25) is 0 Å². The monoisotopic (exact) mass is 284 g/mol. The van der Waals surface area contributed by atoms with Crippen LogP contribution in [0.25, 0.3) is 0 Å². The highest BCUT2D eigenvalue weighted by Crippen LogP contribution is 2.48. The predicted molar refractivity (Wildman–Crippen MR) is 88.6 cm³/mol. The number of piperidine rings is 1. The SMILES string of the molecule is c1ccc(N2CCC(NCC3CC4CCC3C4)CC2)cc1. The minimum atomic E-state index is 0.754. The summed E-state index contributed by atoms with van der Waals surface area (Å²) in [5, 5.41) is 3.89. The lowest BCUT2D eigenvalue weighted by atomic mass is 9.88. The second-order valence-electron chi connectivity index (χ2n) is 7.44. The zero-order chi connectivity index (χ0) is 14.1. The minimum Gasteiger partial charge on any atom is -0.371 e. The molecule has 2 saturated carbocycles. The molecule has 0 radical (unpaired) electrons. The Morgan fingerprint density at radius 3 is 2.43 bits per heavy atom. The molecule has 114 valence electrons. The first-order valence-corrected chi connectivity index (χ1v) is 8.92. The van der Waals surface area contributed by atoms with Gasteiger partial charge in [-0.1, -0.05) is 24.6 Å². The maximum atomic E-state index is 3.89. The van der Waals surface area contributed by atoms with Crippen molar-refractivity contribution < 1.29 is 0 Å². The maximum Gasteiger partial charge on any atom is 0.0366 e. The predicted octanol–water partition coefficient (Wildman–Crippen LogP) is 3.68. The summed E-state index contributed by atoms with van der Waals surface area (Å²) in [5.41, 5.74) is 1.39. The highest BCUT2D eigenvalue weighted by molar-refractivity contribution is 5.46. The largest absolute Gasteiger partial charge is 0.371 e. The Morgan fingerprint density at radius 2 is 1.76 bits per heavy atom. The third-order valence-corrected chi connectivity index (χ3v) is 6.17. The average molecular weight is 284 g/mol. The number of anilines is 1. The molecule has 2 heteroatoms. The number of para-hydroxylation sites is 1. The Labute approximate surface area is 128 Å². The van der Waals surface area contributed by atoms with Gasteiger partial charge < -0.3 is 10.2 Å². The van der Waals surface area contributed by atoms with Crippen LogP contribution in [0.15, 0.2) is 30.3 Å². The van der Waals surface area contributed by atoms with Crippen LogP contribution in [0.5, 0.6) is 0 Å². The smallest absolute Gasteiger partial charge is 0.0366 e. The molecule has 0 spiro atoms. The summed E-state index contributed by atoms with van der Waals surface area (Å²) >= 11 is 0. The second-order valence-corrected chi connectivity index (χ2v) is 7.44. The molecule has 1 N–H and O–H groups in total. The molecule has 3 unspecified atom stereocenters. The molecule has 1 heterocycles. The lowest BCUT2D eigenvalue weighted by Crippen LogP contribution is -2.44. The Hall–Kier alpha value is -1.02. The Morgan fingerprint density at radius 1 is 0.952 bits per heavy atom. The van der Waals surface area contributed by atoms with E-state index in [9.17, 15) is 0 Å². The van der Waals surface area contributed by atoms with Gasteiger partial charge in [0.25, 0.3) is 0 Å². The van der Waals surface area contributed by atoms with Crippen molar-refractivity contribution in [3.63, 3.8) is 0 Å². The van der Waals surface area contributed by atoms with Crippen LogP contribution in [-0.2, 0) is 0 Å². The van der Waals surface area contributed by atoms with Crippen LogP contribution in [0.2, 0.25) is 0 Å². The standard InChI is InChI=1S/C19H28N2/c1-2-4-19(5-3-1)21-10-8-18(9-11-21)20-14-17-13-15-6-7-16(17)12-15/h1-5,15-18,20H,6-14H2. The highest BCUT2D eigenvalue weighted by atomic mass is 15.1. The lowest BCUT2D eigenvalue weighted by Gasteiger charge is -2.35. The summed E-state index contributed by atoms with van der Waals surface area (Å²) in [6.45, 7) is 3.70. The topological polar surface area (TPSA) is 15.3 Å². The summed E-state index contributed by atoms with van der Waals surface area (Å²) < 4.78 is 0. The van der Waals surface area contributed by atoms with Gasteiger partial charge in [0, 0.05) is 24.8 Å². The highest BCUT2D eigenvalue weighted by Gasteiger charge is 2.39. The molecule has 1 saturated heterocycles. The molecule has 3 aliphatic rings. The molecule has 2 bridgehead atoms. The molecule has 0 amide bonds.